The van der Waals surface area contributed by atoms with Gasteiger partial charge in [-0.3, -0.25) is 14.4 Å². The lowest BCUT2D eigenvalue weighted by atomic mass is 10.1. The molecule has 2 aromatic carbocycles. The van der Waals surface area contributed by atoms with Crippen LogP contribution in [0, 0.1) is 11.7 Å². The van der Waals surface area contributed by atoms with E-state index in [1.165, 1.54) is 24.3 Å². The van der Waals surface area contributed by atoms with Gasteiger partial charge in [-0.15, -0.1) is 0 Å². The maximum Gasteiger partial charge on any atom is 0.262 e. The summed E-state index contributed by atoms with van der Waals surface area (Å²) in [4.78, 5) is 38.5. The summed E-state index contributed by atoms with van der Waals surface area (Å²) in [7, 11) is 0. The molecule has 2 N–H and O–H groups in total. The van der Waals surface area contributed by atoms with Crippen LogP contribution < -0.4 is 20.3 Å². The fourth-order valence-corrected chi connectivity index (χ4v) is 3.90. The minimum Gasteiger partial charge on any atom is -0.484 e. The Labute approximate surface area is 191 Å². The Morgan fingerprint density at radius 3 is 2.58 bits per heavy atom. The molecule has 2 aliphatic rings. The molecule has 8 nitrogen and oxygen atoms in total. The molecule has 33 heavy (non-hydrogen) atoms. The Morgan fingerprint density at radius 1 is 1.12 bits per heavy atom. The van der Waals surface area contributed by atoms with Crippen molar-refractivity contribution in [3.63, 3.8) is 0 Å². The number of benzene rings is 2. The van der Waals surface area contributed by atoms with Crippen molar-refractivity contribution < 1.29 is 28.2 Å². The zero-order valence-corrected chi connectivity index (χ0v) is 18.1. The topological polar surface area (TPSA) is 97.0 Å². The van der Waals surface area contributed by atoms with E-state index in [1.807, 2.05) is 0 Å². The molecule has 0 saturated carbocycles. The second kappa shape index (κ2) is 10.4. The number of carbonyl (C=O) groups excluding carboxylic acids is 3. The maximum absolute atomic E-state index is 12.9. The van der Waals surface area contributed by atoms with E-state index in [1.54, 1.807) is 29.2 Å². The molecule has 2 heterocycles. The molecular formula is C24H26FN3O5. The van der Waals surface area contributed by atoms with E-state index < -0.39 is 5.92 Å². The number of hydrogen-bond acceptors (Lipinski definition) is 5. The molecule has 2 atom stereocenters. The number of carbonyl (C=O) groups is 3. The van der Waals surface area contributed by atoms with Gasteiger partial charge >= 0.3 is 0 Å². The fourth-order valence-electron chi connectivity index (χ4n) is 3.90. The van der Waals surface area contributed by atoms with Gasteiger partial charge in [0, 0.05) is 37.5 Å². The molecule has 0 aromatic heterocycles. The minimum atomic E-state index is -0.398. The third-order valence-corrected chi connectivity index (χ3v) is 5.67. The minimum absolute atomic E-state index is 0.0625. The van der Waals surface area contributed by atoms with E-state index in [0.717, 1.165) is 19.4 Å². The van der Waals surface area contributed by atoms with Crippen LogP contribution in [0.3, 0.4) is 0 Å². The summed E-state index contributed by atoms with van der Waals surface area (Å²) < 4.78 is 23.9. The van der Waals surface area contributed by atoms with E-state index in [-0.39, 0.29) is 42.7 Å². The normalized spacial score (nSPS) is 20.0. The molecular weight excluding hydrogens is 429 g/mol. The number of nitrogens with one attached hydrogen (secondary N) is 2. The van der Waals surface area contributed by atoms with Gasteiger partial charge in [0.15, 0.2) is 6.61 Å². The first-order valence-corrected chi connectivity index (χ1v) is 11.0. The number of ether oxygens (including phenoxy) is 2. The van der Waals surface area contributed by atoms with Crippen LogP contribution in [0.5, 0.6) is 5.75 Å². The fraction of sp³-hybridized carbons (Fsp3) is 0.375. The summed E-state index contributed by atoms with van der Waals surface area (Å²) in [6.45, 7) is 1.31. The molecule has 0 spiro atoms. The quantitative estimate of drug-likeness (QED) is 0.638. The van der Waals surface area contributed by atoms with Crippen molar-refractivity contribution >= 4 is 29.1 Å². The Balaban J connectivity index is 1.25. The molecule has 3 amide bonds. The van der Waals surface area contributed by atoms with E-state index in [0.29, 0.717) is 30.2 Å². The van der Waals surface area contributed by atoms with Gasteiger partial charge in [-0.2, -0.15) is 0 Å². The zero-order chi connectivity index (χ0) is 23.2. The largest absolute Gasteiger partial charge is 0.484 e. The molecule has 2 aromatic rings. The number of rotatable bonds is 8. The maximum atomic E-state index is 12.9. The van der Waals surface area contributed by atoms with Crippen LogP contribution in [0.15, 0.2) is 48.5 Å². The predicted molar refractivity (Wildman–Crippen MR) is 119 cm³/mol. The number of anilines is 2. The van der Waals surface area contributed by atoms with Gasteiger partial charge < -0.3 is 25.0 Å². The Morgan fingerprint density at radius 2 is 1.88 bits per heavy atom. The first-order valence-electron chi connectivity index (χ1n) is 11.0. The number of nitrogens with zero attached hydrogens (tertiary/aromatic N) is 1. The van der Waals surface area contributed by atoms with Gasteiger partial charge in [0.25, 0.3) is 5.91 Å². The average molecular weight is 455 g/mol. The third kappa shape index (κ3) is 6.07. The molecule has 9 heteroatoms. The first kappa shape index (κ1) is 22.7. The molecule has 2 aliphatic heterocycles. The van der Waals surface area contributed by atoms with Crippen LogP contribution >= 0.6 is 0 Å². The number of halogens is 1. The Kier molecular flexibility index (Phi) is 7.19. The highest BCUT2D eigenvalue weighted by Crippen LogP contribution is 2.27. The third-order valence-electron chi connectivity index (χ3n) is 5.67. The lowest BCUT2D eigenvalue weighted by molar-refractivity contribution is -0.126. The van der Waals surface area contributed by atoms with Crippen molar-refractivity contribution in [3.05, 3.63) is 54.3 Å². The van der Waals surface area contributed by atoms with Gasteiger partial charge in [0.05, 0.1) is 12.0 Å². The van der Waals surface area contributed by atoms with Crippen molar-refractivity contribution in [2.45, 2.75) is 25.4 Å². The second-order valence-electron chi connectivity index (χ2n) is 8.12. The van der Waals surface area contributed by atoms with Gasteiger partial charge in [0.2, 0.25) is 11.8 Å². The molecule has 0 radical (unpaired) electrons. The monoisotopic (exact) mass is 455 g/mol. The highest BCUT2D eigenvalue weighted by molar-refractivity contribution is 6.00. The SMILES string of the molecule is O=C(COc1ccc(N2C[C@@H](C(=O)NC[C@H]3CCCO3)CC2=O)cc1)Nc1ccc(F)cc1. The van der Waals surface area contributed by atoms with Crippen LogP contribution in [0.1, 0.15) is 19.3 Å². The molecule has 4 rings (SSSR count). The van der Waals surface area contributed by atoms with Crippen LogP contribution in [0.2, 0.25) is 0 Å². The summed E-state index contributed by atoms with van der Waals surface area (Å²) in [6, 6.07) is 12.2. The molecule has 0 aliphatic carbocycles. The van der Waals surface area contributed by atoms with Crippen LogP contribution in [0.25, 0.3) is 0 Å². The van der Waals surface area contributed by atoms with Crippen LogP contribution in [-0.4, -0.2) is 50.1 Å². The average Bonchev–Trinajstić information content (AvgIpc) is 3.48. The molecule has 0 unspecified atom stereocenters. The zero-order valence-electron chi connectivity index (χ0n) is 18.1. The Hall–Kier alpha value is -3.46. The lowest BCUT2D eigenvalue weighted by Gasteiger charge is -2.18. The number of amides is 3. The summed E-state index contributed by atoms with van der Waals surface area (Å²) in [5.74, 6) is -0.938. The van der Waals surface area contributed by atoms with Crippen LogP contribution in [-0.2, 0) is 19.1 Å². The van der Waals surface area contributed by atoms with E-state index in [9.17, 15) is 18.8 Å². The Bertz CT molecular complexity index is 990. The van der Waals surface area contributed by atoms with Crippen molar-refractivity contribution in [2.75, 3.05) is 36.5 Å². The number of hydrogen-bond donors (Lipinski definition) is 2. The van der Waals surface area contributed by atoms with Gasteiger partial charge in [-0.1, -0.05) is 0 Å². The second-order valence-corrected chi connectivity index (χ2v) is 8.12. The molecule has 2 saturated heterocycles. The van der Waals surface area contributed by atoms with E-state index >= 15 is 0 Å². The molecule has 0 bridgehead atoms. The molecule has 174 valence electrons. The van der Waals surface area contributed by atoms with Gasteiger partial charge in [0.1, 0.15) is 11.6 Å². The van der Waals surface area contributed by atoms with Gasteiger partial charge in [-0.25, -0.2) is 4.39 Å². The van der Waals surface area contributed by atoms with Crippen molar-refractivity contribution in [3.8, 4) is 5.75 Å². The van der Waals surface area contributed by atoms with Crippen molar-refractivity contribution in [1.82, 2.24) is 5.32 Å². The highest BCUT2D eigenvalue weighted by Gasteiger charge is 2.35. The summed E-state index contributed by atoms with van der Waals surface area (Å²) in [6.07, 6.45) is 2.18. The highest BCUT2D eigenvalue weighted by atomic mass is 19.1. The van der Waals surface area contributed by atoms with E-state index in [4.69, 9.17) is 9.47 Å². The summed E-state index contributed by atoms with van der Waals surface area (Å²) in [5.41, 5.74) is 1.14. The first-order chi connectivity index (χ1) is 16.0. The summed E-state index contributed by atoms with van der Waals surface area (Å²) in [5, 5.41) is 5.51. The molecule has 2 fully saturated rings. The van der Waals surface area contributed by atoms with E-state index in [2.05, 4.69) is 10.6 Å². The predicted octanol–water partition coefficient (Wildman–Crippen LogP) is 2.49. The van der Waals surface area contributed by atoms with Crippen molar-refractivity contribution in [1.29, 1.82) is 0 Å². The van der Waals surface area contributed by atoms with Crippen molar-refractivity contribution in [2.24, 2.45) is 5.92 Å². The van der Waals surface area contributed by atoms with Gasteiger partial charge in [-0.05, 0) is 61.4 Å². The standard InChI is InChI=1S/C24H26FN3O5/c25-17-3-5-18(6-4-17)27-22(29)15-33-20-9-7-19(8-10-20)28-14-16(12-23(28)30)24(31)26-13-21-2-1-11-32-21/h3-10,16,21H,1-2,11-15H2,(H,26,31)(H,27,29)/t16-,21+/m0/s1. The van der Waals surface area contributed by atoms with Crippen LogP contribution in [0.4, 0.5) is 15.8 Å². The lowest BCUT2D eigenvalue weighted by Crippen LogP contribution is -2.37. The smallest absolute Gasteiger partial charge is 0.262 e. The summed E-state index contributed by atoms with van der Waals surface area (Å²) >= 11 is 0.